The van der Waals surface area contributed by atoms with Crippen molar-refractivity contribution in [3.63, 3.8) is 0 Å². The zero-order valence-corrected chi connectivity index (χ0v) is 15.1. The van der Waals surface area contributed by atoms with E-state index in [0.717, 1.165) is 10.4 Å². The summed E-state index contributed by atoms with van der Waals surface area (Å²) in [7, 11) is 0. The van der Waals surface area contributed by atoms with E-state index in [-0.39, 0.29) is 24.4 Å². The first-order chi connectivity index (χ1) is 11.5. The molecule has 0 atom stereocenters. The second kappa shape index (κ2) is 8.59. The molecule has 1 N–H and O–H groups in total. The van der Waals surface area contributed by atoms with Gasteiger partial charge in [0.2, 0.25) is 11.8 Å². The van der Waals surface area contributed by atoms with Crippen LogP contribution in [0.3, 0.4) is 0 Å². The molecule has 0 bridgehead atoms. The number of thiazole rings is 1. The molecule has 128 valence electrons. The van der Waals surface area contributed by atoms with E-state index in [0.29, 0.717) is 18.0 Å². The predicted molar refractivity (Wildman–Crippen MR) is 97.1 cm³/mol. The van der Waals surface area contributed by atoms with Crippen LogP contribution in [0.25, 0.3) is 0 Å². The summed E-state index contributed by atoms with van der Waals surface area (Å²) in [6, 6.07) is 9.86. The third kappa shape index (κ3) is 5.45. The molecule has 0 unspecified atom stereocenters. The van der Waals surface area contributed by atoms with Gasteiger partial charge in [-0.15, -0.1) is 11.3 Å². The van der Waals surface area contributed by atoms with E-state index in [9.17, 15) is 9.59 Å². The van der Waals surface area contributed by atoms with Crippen molar-refractivity contribution in [1.29, 1.82) is 0 Å². The normalized spacial score (nSPS) is 10.7. The number of hydrogen-bond acceptors (Lipinski definition) is 4. The summed E-state index contributed by atoms with van der Waals surface area (Å²) in [5.41, 5.74) is 1.12. The van der Waals surface area contributed by atoms with Gasteiger partial charge in [-0.05, 0) is 32.8 Å². The summed E-state index contributed by atoms with van der Waals surface area (Å²) in [5, 5.41) is 3.32. The topological polar surface area (TPSA) is 62.3 Å². The van der Waals surface area contributed by atoms with E-state index in [1.807, 2.05) is 51.1 Å². The molecule has 2 amide bonds. The highest BCUT2D eigenvalue weighted by atomic mass is 32.1. The third-order valence-corrected chi connectivity index (χ3v) is 4.42. The fraction of sp³-hybridized carbons (Fsp3) is 0.389. The van der Waals surface area contributed by atoms with Crippen LogP contribution in [-0.4, -0.2) is 34.3 Å². The summed E-state index contributed by atoms with van der Waals surface area (Å²) < 4.78 is 0. The van der Waals surface area contributed by atoms with Crippen LogP contribution in [0.15, 0.2) is 36.5 Å². The number of aromatic nitrogens is 1. The van der Waals surface area contributed by atoms with E-state index in [2.05, 4.69) is 10.3 Å². The Morgan fingerprint density at radius 2 is 1.96 bits per heavy atom. The fourth-order valence-corrected chi connectivity index (χ4v) is 3.00. The van der Waals surface area contributed by atoms with E-state index < -0.39 is 0 Å². The number of carbonyl (C=O) groups excluding carboxylic acids is 2. The Hall–Kier alpha value is -2.21. The van der Waals surface area contributed by atoms with Crippen molar-refractivity contribution >= 4 is 28.3 Å². The van der Waals surface area contributed by atoms with Gasteiger partial charge in [-0.3, -0.25) is 9.59 Å². The van der Waals surface area contributed by atoms with Crippen molar-refractivity contribution < 1.29 is 9.59 Å². The van der Waals surface area contributed by atoms with Crippen LogP contribution in [0, 0.1) is 6.92 Å². The van der Waals surface area contributed by atoms with Crippen LogP contribution in [0.4, 0.5) is 5.13 Å². The summed E-state index contributed by atoms with van der Waals surface area (Å²) in [6.07, 6.45) is 2.79. The van der Waals surface area contributed by atoms with Gasteiger partial charge in [0.1, 0.15) is 6.54 Å². The van der Waals surface area contributed by atoms with Crippen molar-refractivity contribution in [2.45, 2.75) is 39.7 Å². The van der Waals surface area contributed by atoms with Crippen molar-refractivity contribution in [2.24, 2.45) is 0 Å². The summed E-state index contributed by atoms with van der Waals surface area (Å²) in [4.78, 5) is 31.4. The number of nitrogens with one attached hydrogen (secondary N) is 1. The SMILES string of the molecule is Cc1cnc(NC(=O)CN(C(=O)CCc2ccccc2)C(C)C)s1. The Balaban J connectivity index is 1.90. The number of anilines is 1. The number of benzene rings is 1. The Labute approximate surface area is 146 Å². The first-order valence-corrected chi connectivity index (χ1v) is 8.83. The molecule has 0 aliphatic carbocycles. The molecule has 0 aliphatic rings. The molecule has 1 aromatic carbocycles. The lowest BCUT2D eigenvalue weighted by Crippen LogP contribution is -2.42. The summed E-state index contributed by atoms with van der Waals surface area (Å²) in [5.74, 6) is -0.231. The molecule has 2 aromatic rings. The fourth-order valence-electron chi connectivity index (χ4n) is 2.32. The van der Waals surface area contributed by atoms with Crippen LogP contribution in [0.5, 0.6) is 0 Å². The Morgan fingerprint density at radius 3 is 2.54 bits per heavy atom. The number of rotatable bonds is 7. The Kier molecular flexibility index (Phi) is 6.49. The molecule has 0 radical (unpaired) electrons. The molecule has 0 aliphatic heterocycles. The Bertz CT molecular complexity index is 683. The highest BCUT2D eigenvalue weighted by Gasteiger charge is 2.20. The maximum atomic E-state index is 12.5. The van der Waals surface area contributed by atoms with Crippen LogP contribution in [-0.2, 0) is 16.0 Å². The van der Waals surface area contributed by atoms with Gasteiger partial charge >= 0.3 is 0 Å². The Morgan fingerprint density at radius 1 is 1.25 bits per heavy atom. The van der Waals surface area contributed by atoms with Gasteiger partial charge in [-0.25, -0.2) is 4.98 Å². The molecule has 24 heavy (non-hydrogen) atoms. The van der Waals surface area contributed by atoms with E-state index in [1.54, 1.807) is 11.1 Å². The van der Waals surface area contributed by atoms with Gasteiger partial charge in [0.05, 0.1) is 0 Å². The monoisotopic (exact) mass is 345 g/mol. The van der Waals surface area contributed by atoms with Crippen molar-refractivity contribution in [2.75, 3.05) is 11.9 Å². The minimum absolute atomic E-state index is 0.0145. The van der Waals surface area contributed by atoms with Crippen LogP contribution >= 0.6 is 11.3 Å². The average Bonchev–Trinajstić information content (AvgIpc) is 2.96. The van der Waals surface area contributed by atoms with E-state index in [4.69, 9.17) is 0 Å². The molecule has 0 saturated carbocycles. The van der Waals surface area contributed by atoms with Crippen molar-refractivity contribution in [1.82, 2.24) is 9.88 Å². The number of hydrogen-bond donors (Lipinski definition) is 1. The molecule has 6 heteroatoms. The van der Waals surface area contributed by atoms with Gasteiger partial charge in [0.15, 0.2) is 5.13 Å². The molecule has 2 rings (SSSR count). The van der Waals surface area contributed by atoms with Gasteiger partial charge in [-0.1, -0.05) is 30.3 Å². The summed E-state index contributed by atoms with van der Waals surface area (Å²) >= 11 is 1.42. The van der Waals surface area contributed by atoms with Crippen LogP contribution < -0.4 is 5.32 Å². The molecule has 0 spiro atoms. The van der Waals surface area contributed by atoms with Gasteiger partial charge in [0.25, 0.3) is 0 Å². The molecular formula is C18H23N3O2S. The second-order valence-corrected chi connectivity index (χ2v) is 7.16. The number of aryl methyl sites for hydroxylation is 2. The standard InChI is InChI=1S/C18H23N3O2S/c1-13(2)21(12-16(22)20-18-19-11-14(3)24-18)17(23)10-9-15-7-5-4-6-8-15/h4-8,11,13H,9-10,12H2,1-3H3,(H,19,20,22). The smallest absolute Gasteiger partial charge is 0.245 e. The van der Waals surface area contributed by atoms with Gasteiger partial charge in [0, 0.05) is 23.5 Å². The lowest BCUT2D eigenvalue weighted by Gasteiger charge is -2.26. The molecule has 0 saturated heterocycles. The van der Waals surface area contributed by atoms with Crippen LogP contribution in [0.2, 0.25) is 0 Å². The first kappa shape index (κ1) is 18.1. The molecule has 5 nitrogen and oxygen atoms in total. The summed E-state index contributed by atoms with van der Waals surface area (Å²) in [6.45, 7) is 5.81. The highest BCUT2D eigenvalue weighted by molar-refractivity contribution is 7.15. The van der Waals surface area contributed by atoms with Crippen LogP contribution in [0.1, 0.15) is 30.7 Å². The third-order valence-electron chi connectivity index (χ3n) is 3.60. The van der Waals surface area contributed by atoms with E-state index >= 15 is 0 Å². The first-order valence-electron chi connectivity index (χ1n) is 8.01. The minimum atomic E-state index is -0.217. The molecule has 0 fully saturated rings. The largest absolute Gasteiger partial charge is 0.331 e. The predicted octanol–water partition coefficient (Wildman–Crippen LogP) is 3.26. The average molecular weight is 345 g/mol. The number of carbonyl (C=O) groups is 2. The lowest BCUT2D eigenvalue weighted by atomic mass is 10.1. The maximum Gasteiger partial charge on any atom is 0.245 e. The molecule has 1 aromatic heterocycles. The van der Waals surface area contributed by atoms with Gasteiger partial charge < -0.3 is 10.2 Å². The van der Waals surface area contributed by atoms with Crippen molar-refractivity contribution in [3.8, 4) is 0 Å². The van der Waals surface area contributed by atoms with Crippen molar-refractivity contribution in [3.05, 3.63) is 47.0 Å². The molecular weight excluding hydrogens is 322 g/mol. The van der Waals surface area contributed by atoms with Gasteiger partial charge in [-0.2, -0.15) is 0 Å². The number of nitrogens with zero attached hydrogens (tertiary/aromatic N) is 2. The minimum Gasteiger partial charge on any atom is -0.331 e. The van der Waals surface area contributed by atoms with E-state index in [1.165, 1.54) is 11.3 Å². The quantitative estimate of drug-likeness (QED) is 0.838. The maximum absolute atomic E-state index is 12.5. The second-order valence-electron chi connectivity index (χ2n) is 5.93. The zero-order valence-electron chi connectivity index (χ0n) is 14.3. The highest BCUT2D eigenvalue weighted by Crippen LogP contribution is 2.16. The number of amides is 2. The molecule has 1 heterocycles. The zero-order chi connectivity index (χ0) is 17.5. The lowest BCUT2D eigenvalue weighted by molar-refractivity contribution is -0.136.